The number of hydrogen-bond acceptors (Lipinski definition) is 5. The highest BCUT2D eigenvalue weighted by atomic mass is 16.5. The lowest BCUT2D eigenvalue weighted by atomic mass is 10.2. The van der Waals surface area contributed by atoms with Crippen LogP contribution in [0, 0.1) is 0 Å². The summed E-state index contributed by atoms with van der Waals surface area (Å²) in [7, 11) is 1.35. The molecule has 2 N–H and O–H groups in total. The molecule has 0 saturated heterocycles. The number of ether oxygens (including phenoxy) is 1. The molecular formula is C14H25N3O4. The van der Waals surface area contributed by atoms with Gasteiger partial charge in [-0.15, -0.1) is 0 Å². The minimum Gasteiger partial charge on any atom is -0.468 e. The van der Waals surface area contributed by atoms with Gasteiger partial charge in [0.25, 0.3) is 0 Å². The zero-order valence-electron chi connectivity index (χ0n) is 12.8. The molecule has 7 nitrogen and oxygen atoms in total. The summed E-state index contributed by atoms with van der Waals surface area (Å²) in [4.78, 5) is 36.0. The first-order valence-corrected chi connectivity index (χ1v) is 7.35. The number of methoxy groups -OCH3 is 1. The monoisotopic (exact) mass is 299 g/mol. The first-order chi connectivity index (χ1) is 10.0. The summed E-state index contributed by atoms with van der Waals surface area (Å²) < 4.78 is 4.69. The van der Waals surface area contributed by atoms with Gasteiger partial charge in [-0.3, -0.25) is 19.3 Å². The quantitative estimate of drug-likeness (QED) is 0.473. The maximum atomic E-state index is 11.9. The molecule has 7 heteroatoms. The second-order valence-corrected chi connectivity index (χ2v) is 5.25. The van der Waals surface area contributed by atoms with Crippen LogP contribution < -0.4 is 10.6 Å². The van der Waals surface area contributed by atoms with Crippen molar-refractivity contribution in [3.05, 3.63) is 0 Å². The molecule has 0 heterocycles. The van der Waals surface area contributed by atoms with Crippen LogP contribution >= 0.6 is 0 Å². The highest BCUT2D eigenvalue weighted by molar-refractivity contribution is 5.79. The van der Waals surface area contributed by atoms with E-state index in [1.165, 1.54) is 14.0 Å². The SMILES string of the molecule is COC(=O)CN(CC(=O)NCCNC(C)=O)C1CCCC1. The number of rotatable bonds is 8. The lowest BCUT2D eigenvalue weighted by molar-refractivity contribution is -0.143. The summed E-state index contributed by atoms with van der Waals surface area (Å²) in [5, 5.41) is 5.35. The Balaban J connectivity index is 2.37. The van der Waals surface area contributed by atoms with Gasteiger partial charge < -0.3 is 15.4 Å². The normalized spacial score (nSPS) is 15.0. The molecule has 0 radical (unpaired) electrons. The fraction of sp³-hybridized carbons (Fsp3) is 0.786. The minimum absolute atomic E-state index is 0.123. The van der Waals surface area contributed by atoms with Crippen LogP contribution in [-0.4, -0.2) is 62.0 Å². The van der Waals surface area contributed by atoms with E-state index in [2.05, 4.69) is 15.4 Å². The number of amides is 2. The Hall–Kier alpha value is -1.63. The molecule has 120 valence electrons. The molecule has 0 unspecified atom stereocenters. The van der Waals surface area contributed by atoms with Gasteiger partial charge in [-0.1, -0.05) is 12.8 Å². The Bertz CT molecular complexity index is 367. The van der Waals surface area contributed by atoms with Gasteiger partial charge in [0.2, 0.25) is 11.8 Å². The summed E-state index contributed by atoms with van der Waals surface area (Å²) in [6.45, 7) is 2.54. The number of hydrogen-bond donors (Lipinski definition) is 2. The number of nitrogens with zero attached hydrogens (tertiary/aromatic N) is 1. The van der Waals surface area contributed by atoms with Gasteiger partial charge in [-0.2, -0.15) is 0 Å². The molecule has 0 aromatic rings. The van der Waals surface area contributed by atoms with Crippen molar-refractivity contribution in [2.24, 2.45) is 0 Å². The topological polar surface area (TPSA) is 87.7 Å². The van der Waals surface area contributed by atoms with Crippen molar-refractivity contribution < 1.29 is 19.1 Å². The molecule has 1 rings (SSSR count). The van der Waals surface area contributed by atoms with E-state index in [-0.39, 0.29) is 36.9 Å². The van der Waals surface area contributed by atoms with E-state index in [1.54, 1.807) is 0 Å². The molecule has 21 heavy (non-hydrogen) atoms. The van der Waals surface area contributed by atoms with Crippen LogP contribution in [0.25, 0.3) is 0 Å². The molecule has 2 amide bonds. The standard InChI is InChI=1S/C14H25N3O4/c1-11(18)15-7-8-16-13(19)9-17(10-14(20)21-2)12-5-3-4-6-12/h12H,3-10H2,1-2H3,(H,15,18)(H,16,19). The van der Waals surface area contributed by atoms with Crippen LogP contribution in [0.3, 0.4) is 0 Å². The van der Waals surface area contributed by atoms with Gasteiger partial charge in [0, 0.05) is 26.1 Å². The average molecular weight is 299 g/mol. The summed E-state index contributed by atoms with van der Waals surface area (Å²) in [6, 6.07) is 0.269. The molecule has 1 aliphatic rings. The number of carbonyl (C=O) groups excluding carboxylic acids is 3. The number of nitrogens with one attached hydrogen (secondary N) is 2. The zero-order chi connectivity index (χ0) is 15.7. The van der Waals surface area contributed by atoms with Crippen molar-refractivity contribution in [3.63, 3.8) is 0 Å². The zero-order valence-corrected chi connectivity index (χ0v) is 12.8. The van der Waals surface area contributed by atoms with Crippen molar-refractivity contribution >= 4 is 17.8 Å². The lowest BCUT2D eigenvalue weighted by Gasteiger charge is -2.26. The summed E-state index contributed by atoms with van der Waals surface area (Å²) >= 11 is 0. The van der Waals surface area contributed by atoms with Crippen LogP contribution in [0.4, 0.5) is 0 Å². The van der Waals surface area contributed by atoms with Crippen molar-refractivity contribution in [3.8, 4) is 0 Å². The predicted molar refractivity (Wildman–Crippen MR) is 77.5 cm³/mol. The summed E-state index contributed by atoms with van der Waals surface area (Å²) in [6.07, 6.45) is 4.28. The fourth-order valence-corrected chi connectivity index (χ4v) is 2.49. The predicted octanol–water partition coefficient (Wildman–Crippen LogP) is -0.344. The molecule has 0 atom stereocenters. The van der Waals surface area contributed by atoms with E-state index in [4.69, 9.17) is 0 Å². The molecule has 1 fully saturated rings. The van der Waals surface area contributed by atoms with Crippen molar-refractivity contribution in [2.75, 3.05) is 33.3 Å². The summed E-state index contributed by atoms with van der Waals surface area (Å²) in [5.41, 5.74) is 0. The molecule has 0 bridgehead atoms. The molecule has 0 aliphatic heterocycles. The maximum Gasteiger partial charge on any atom is 0.319 e. The first-order valence-electron chi connectivity index (χ1n) is 7.35. The second kappa shape index (κ2) is 9.33. The first kappa shape index (κ1) is 17.4. The van der Waals surface area contributed by atoms with Gasteiger partial charge in [-0.05, 0) is 12.8 Å². The van der Waals surface area contributed by atoms with E-state index in [0.29, 0.717) is 13.1 Å². The second-order valence-electron chi connectivity index (χ2n) is 5.25. The molecular weight excluding hydrogens is 274 g/mol. The largest absolute Gasteiger partial charge is 0.468 e. The van der Waals surface area contributed by atoms with Gasteiger partial charge in [0.15, 0.2) is 0 Å². The van der Waals surface area contributed by atoms with Crippen molar-refractivity contribution in [2.45, 2.75) is 38.6 Å². The highest BCUT2D eigenvalue weighted by Crippen LogP contribution is 2.23. The van der Waals surface area contributed by atoms with Gasteiger partial charge >= 0.3 is 5.97 Å². The van der Waals surface area contributed by atoms with E-state index >= 15 is 0 Å². The maximum absolute atomic E-state index is 11.9. The molecule has 0 aromatic carbocycles. The van der Waals surface area contributed by atoms with Crippen molar-refractivity contribution in [1.29, 1.82) is 0 Å². The molecule has 0 spiro atoms. The van der Waals surface area contributed by atoms with Crippen LogP contribution in [0.2, 0.25) is 0 Å². The highest BCUT2D eigenvalue weighted by Gasteiger charge is 2.26. The van der Waals surface area contributed by atoms with Crippen LogP contribution in [0.5, 0.6) is 0 Å². The summed E-state index contributed by atoms with van der Waals surface area (Å²) in [5.74, 6) is -0.591. The van der Waals surface area contributed by atoms with E-state index in [0.717, 1.165) is 25.7 Å². The average Bonchev–Trinajstić information content (AvgIpc) is 2.96. The Morgan fingerprint density at radius 2 is 1.71 bits per heavy atom. The third-order valence-corrected chi connectivity index (χ3v) is 3.57. The fourth-order valence-electron chi connectivity index (χ4n) is 2.49. The number of carbonyl (C=O) groups is 3. The molecule has 0 aromatic heterocycles. The van der Waals surface area contributed by atoms with Crippen molar-refractivity contribution in [1.82, 2.24) is 15.5 Å². The Morgan fingerprint density at radius 1 is 1.10 bits per heavy atom. The Labute approximate surface area is 125 Å². The van der Waals surface area contributed by atoms with E-state index in [9.17, 15) is 14.4 Å². The van der Waals surface area contributed by atoms with Crippen LogP contribution in [0.15, 0.2) is 0 Å². The third kappa shape index (κ3) is 7.08. The van der Waals surface area contributed by atoms with Gasteiger partial charge in [0.1, 0.15) is 0 Å². The Kier molecular flexibility index (Phi) is 7.74. The Morgan fingerprint density at radius 3 is 2.29 bits per heavy atom. The van der Waals surface area contributed by atoms with Crippen LogP contribution in [-0.2, 0) is 19.1 Å². The van der Waals surface area contributed by atoms with Gasteiger partial charge in [0.05, 0.1) is 20.2 Å². The van der Waals surface area contributed by atoms with E-state index < -0.39 is 0 Å². The smallest absolute Gasteiger partial charge is 0.319 e. The van der Waals surface area contributed by atoms with Crippen LogP contribution in [0.1, 0.15) is 32.6 Å². The third-order valence-electron chi connectivity index (χ3n) is 3.57. The molecule has 1 aliphatic carbocycles. The van der Waals surface area contributed by atoms with Gasteiger partial charge in [-0.25, -0.2) is 0 Å². The minimum atomic E-state index is -0.326. The molecule has 1 saturated carbocycles. The number of esters is 1. The van der Waals surface area contributed by atoms with E-state index in [1.807, 2.05) is 4.90 Å². The lowest BCUT2D eigenvalue weighted by Crippen LogP contribution is -2.45.